The highest BCUT2D eigenvalue weighted by atomic mass is 35.5. The van der Waals surface area contributed by atoms with Gasteiger partial charge in [-0.15, -0.1) is 24.8 Å². The quantitative estimate of drug-likeness (QED) is 0.907. The van der Waals surface area contributed by atoms with E-state index in [1.807, 2.05) is 30.3 Å². The lowest BCUT2D eigenvalue weighted by atomic mass is 10.3. The molecule has 1 aliphatic heterocycles. The minimum absolute atomic E-state index is 0. The first kappa shape index (κ1) is 19.9. The number of nitrogens with zero attached hydrogens (tertiary/aromatic N) is 1. The number of methoxy groups -OCH3 is 1. The van der Waals surface area contributed by atoms with Crippen molar-refractivity contribution in [3.63, 3.8) is 0 Å². The molecule has 1 aromatic carbocycles. The molecule has 1 N–H and O–H groups in total. The number of hydrogen-bond donors (Lipinski definition) is 1. The van der Waals surface area contributed by atoms with Crippen molar-refractivity contribution in [2.75, 3.05) is 39.8 Å². The number of benzene rings is 1. The number of halogens is 2. The van der Waals surface area contributed by atoms with Crippen molar-refractivity contribution in [3.05, 3.63) is 30.3 Å². The summed E-state index contributed by atoms with van der Waals surface area (Å²) in [5.74, 6) is 0.910. The fourth-order valence-corrected chi connectivity index (χ4v) is 1.58. The average molecular weight is 295 g/mol. The van der Waals surface area contributed by atoms with Crippen molar-refractivity contribution in [1.82, 2.24) is 10.2 Å². The summed E-state index contributed by atoms with van der Waals surface area (Å²) >= 11 is 0. The van der Waals surface area contributed by atoms with Crippen LogP contribution in [0, 0.1) is 0 Å². The van der Waals surface area contributed by atoms with Gasteiger partial charge in [0.25, 0.3) is 0 Å². The molecule has 18 heavy (non-hydrogen) atoms. The van der Waals surface area contributed by atoms with Gasteiger partial charge in [-0.05, 0) is 18.7 Å². The zero-order chi connectivity index (χ0) is 11.6. The first-order valence-electron chi connectivity index (χ1n) is 5.89. The molecule has 2 rings (SSSR count). The summed E-state index contributed by atoms with van der Waals surface area (Å²) in [5.41, 5.74) is 0. The van der Waals surface area contributed by atoms with E-state index < -0.39 is 0 Å². The second-order valence-corrected chi connectivity index (χ2v) is 3.70. The summed E-state index contributed by atoms with van der Waals surface area (Å²) in [5, 5.41) is 3.31. The lowest BCUT2D eigenvalue weighted by molar-refractivity contribution is 0.253. The number of nitrogens with one attached hydrogen (secondary N) is 1. The van der Waals surface area contributed by atoms with E-state index in [-0.39, 0.29) is 24.8 Å². The Morgan fingerprint density at radius 3 is 2.00 bits per heavy atom. The van der Waals surface area contributed by atoms with Crippen LogP contribution in [0.25, 0.3) is 0 Å². The van der Waals surface area contributed by atoms with E-state index in [4.69, 9.17) is 4.74 Å². The number of para-hydroxylation sites is 1. The van der Waals surface area contributed by atoms with E-state index in [0.717, 1.165) is 5.75 Å². The Kier molecular flexibility index (Phi) is 14.3. The molecule has 1 heterocycles. The van der Waals surface area contributed by atoms with Crippen molar-refractivity contribution < 1.29 is 4.74 Å². The second kappa shape index (κ2) is 13.0. The molecule has 3 nitrogen and oxygen atoms in total. The molecule has 0 bridgehead atoms. The summed E-state index contributed by atoms with van der Waals surface area (Å²) in [4.78, 5) is 2.45. The molecule has 0 amide bonds. The predicted molar refractivity (Wildman–Crippen MR) is 82.5 cm³/mol. The zero-order valence-electron chi connectivity index (χ0n) is 11.1. The number of likely N-dealkylation sites (N-methyl/N-ethyl adjacent to an activating group) is 1. The Balaban J connectivity index is 0. The monoisotopic (exact) mass is 294 g/mol. The summed E-state index contributed by atoms with van der Waals surface area (Å²) < 4.78 is 4.91. The number of hydrogen-bond acceptors (Lipinski definition) is 3. The highest BCUT2D eigenvalue weighted by molar-refractivity contribution is 5.85. The Hall–Kier alpha value is -0.480. The molecule has 1 saturated heterocycles. The van der Waals surface area contributed by atoms with Crippen molar-refractivity contribution in [2.24, 2.45) is 0 Å². The standard InChI is InChI=1S/C7H8O.C6H14N2.2ClH/c1-8-7-5-3-2-4-6-7;1-2-8-5-3-7-4-6-8;;/h2-6H,1H3;7H,2-6H2,1H3;2*1H. The van der Waals surface area contributed by atoms with Crippen LogP contribution in [0.15, 0.2) is 30.3 Å². The third kappa shape index (κ3) is 8.59. The summed E-state index contributed by atoms with van der Waals surface area (Å²) in [6.45, 7) is 8.24. The normalized spacial score (nSPS) is 14.3. The van der Waals surface area contributed by atoms with Crippen molar-refractivity contribution in [1.29, 1.82) is 0 Å². The van der Waals surface area contributed by atoms with Gasteiger partial charge in [-0.2, -0.15) is 0 Å². The third-order valence-electron chi connectivity index (χ3n) is 2.64. The van der Waals surface area contributed by atoms with Crippen LogP contribution in [-0.2, 0) is 0 Å². The van der Waals surface area contributed by atoms with Gasteiger partial charge in [0.15, 0.2) is 0 Å². The van der Waals surface area contributed by atoms with Crippen LogP contribution in [0.3, 0.4) is 0 Å². The van der Waals surface area contributed by atoms with Gasteiger partial charge in [-0.1, -0.05) is 25.1 Å². The fourth-order valence-electron chi connectivity index (χ4n) is 1.58. The Morgan fingerprint density at radius 1 is 1.11 bits per heavy atom. The Bertz CT molecular complexity index is 267. The lowest BCUT2D eigenvalue weighted by Gasteiger charge is -2.25. The van der Waals surface area contributed by atoms with E-state index in [0.29, 0.717) is 0 Å². The highest BCUT2D eigenvalue weighted by Crippen LogP contribution is 2.05. The molecule has 1 aromatic rings. The summed E-state index contributed by atoms with van der Waals surface area (Å²) in [7, 11) is 1.66. The Labute approximate surface area is 123 Å². The van der Waals surface area contributed by atoms with E-state index >= 15 is 0 Å². The zero-order valence-corrected chi connectivity index (χ0v) is 12.7. The molecule has 1 aliphatic rings. The predicted octanol–water partition coefficient (Wildman–Crippen LogP) is 2.45. The molecule has 0 radical (unpaired) electrons. The second-order valence-electron chi connectivity index (χ2n) is 3.70. The lowest BCUT2D eigenvalue weighted by Crippen LogP contribution is -2.43. The van der Waals surface area contributed by atoms with Gasteiger partial charge >= 0.3 is 0 Å². The molecular weight excluding hydrogens is 271 g/mol. The van der Waals surface area contributed by atoms with E-state index in [1.54, 1.807) is 7.11 Å². The maximum Gasteiger partial charge on any atom is 0.118 e. The number of rotatable bonds is 2. The molecule has 0 spiro atoms. The van der Waals surface area contributed by atoms with Crippen LogP contribution in [0.2, 0.25) is 0 Å². The first-order chi connectivity index (χ1) is 7.86. The smallest absolute Gasteiger partial charge is 0.118 e. The molecule has 0 unspecified atom stereocenters. The number of piperazine rings is 1. The molecule has 0 aliphatic carbocycles. The maximum absolute atomic E-state index is 4.91. The molecular formula is C13H24Cl2N2O. The van der Waals surface area contributed by atoms with Gasteiger partial charge in [-0.3, -0.25) is 0 Å². The molecule has 1 fully saturated rings. The van der Waals surface area contributed by atoms with E-state index in [2.05, 4.69) is 17.1 Å². The van der Waals surface area contributed by atoms with Crippen molar-refractivity contribution >= 4 is 24.8 Å². The Morgan fingerprint density at radius 2 is 1.67 bits per heavy atom. The van der Waals surface area contributed by atoms with Crippen LogP contribution in [-0.4, -0.2) is 44.7 Å². The minimum atomic E-state index is 0. The topological polar surface area (TPSA) is 24.5 Å². The largest absolute Gasteiger partial charge is 0.497 e. The third-order valence-corrected chi connectivity index (χ3v) is 2.64. The maximum atomic E-state index is 4.91. The summed E-state index contributed by atoms with van der Waals surface area (Å²) in [6.07, 6.45) is 0. The van der Waals surface area contributed by atoms with Gasteiger partial charge in [0.2, 0.25) is 0 Å². The number of ether oxygens (including phenoxy) is 1. The van der Waals surface area contributed by atoms with Gasteiger partial charge in [0.05, 0.1) is 7.11 Å². The molecule has 0 atom stereocenters. The van der Waals surface area contributed by atoms with Crippen LogP contribution in [0.4, 0.5) is 0 Å². The summed E-state index contributed by atoms with van der Waals surface area (Å²) in [6, 6.07) is 9.68. The van der Waals surface area contributed by atoms with Crippen molar-refractivity contribution in [2.45, 2.75) is 6.92 Å². The van der Waals surface area contributed by atoms with Gasteiger partial charge in [0.1, 0.15) is 5.75 Å². The van der Waals surface area contributed by atoms with Gasteiger partial charge < -0.3 is 15.0 Å². The minimum Gasteiger partial charge on any atom is -0.497 e. The fraction of sp³-hybridized carbons (Fsp3) is 0.538. The van der Waals surface area contributed by atoms with Crippen LogP contribution in [0.1, 0.15) is 6.92 Å². The molecule has 0 aromatic heterocycles. The van der Waals surface area contributed by atoms with Crippen LogP contribution >= 0.6 is 24.8 Å². The SMILES string of the molecule is CCN1CCNCC1.COc1ccccc1.Cl.Cl. The molecule has 5 heteroatoms. The molecule has 0 saturated carbocycles. The highest BCUT2D eigenvalue weighted by Gasteiger charge is 2.04. The van der Waals surface area contributed by atoms with Crippen LogP contribution < -0.4 is 10.1 Å². The van der Waals surface area contributed by atoms with E-state index in [9.17, 15) is 0 Å². The van der Waals surface area contributed by atoms with E-state index in [1.165, 1.54) is 32.7 Å². The van der Waals surface area contributed by atoms with Gasteiger partial charge in [-0.25, -0.2) is 0 Å². The first-order valence-corrected chi connectivity index (χ1v) is 5.89. The van der Waals surface area contributed by atoms with Crippen molar-refractivity contribution in [3.8, 4) is 5.75 Å². The molecule has 106 valence electrons. The average Bonchev–Trinajstić information content (AvgIpc) is 2.41. The van der Waals surface area contributed by atoms with Crippen LogP contribution in [0.5, 0.6) is 5.75 Å². The van der Waals surface area contributed by atoms with Gasteiger partial charge in [0, 0.05) is 26.2 Å².